The number of imide groups is 1. The minimum Gasteiger partial charge on any atom is -0.489 e. The number of ether oxygens (including phenoxy) is 2. The molecule has 0 radical (unpaired) electrons. The number of carbonyl (C=O) groups excluding carboxylic acids is 3. The molecule has 0 aromatic heterocycles. The van der Waals surface area contributed by atoms with E-state index in [1.165, 1.54) is 26.2 Å². The molecule has 0 saturated carbocycles. The number of hydrogen-bond acceptors (Lipinski definition) is 8. The number of esters is 1. The average molecular weight is 442 g/mol. The molecule has 31 heavy (non-hydrogen) atoms. The van der Waals surface area contributed by atoms with Crippen LogP contribution in [0.3, 0.4) is 0 Å². The smallest absolute Gasteiger partial charge is 0.328 e. The third-order valence-electron chi connectivity index (χ3n) is 4.48. The molecule has 0 aliphatic carbocycles. The summed E-state index contributed by atoms with van der Waals surface area (Å²) in [6, 6.07) is 11.9. The molecule has 0 unspecified atom stereocenters. The number of nitro groups is 1. The van der Waals surface area contributed by atoms with Gasteiger partial charge in [-0.25, -0.2) is 4.79 Å². The Morgan fingerprint density at radius 3 is 2.39 bits per heavy atom. The summed E-state index contributed by atoms with van der Waals surface area (Å²) in [6.45, 7) is 1.67. The summed E-state index contributed by atoms with van der Waals surface area (Å²) >= 11 is 0.759. The van der Waals surface area contributed by atoms with Gasteiger partial charge in [0.1, 0.15) is 18.4 Å². The molecule has 2 amide bonds. The summed E-state index contributed by atoms with van der Waals surface area (Å²) in [7, 11) is 1.19. The van der Waals surface area contributed by atoms with Crippen LogP contribution >= 0.6 is 11.8 Å². The molecule has 3 rings (SSSR count). The molecule has 1 aliphatic rings. The number of methoxy groups -OCH3 is 1. The van der Waals surface area contributed by atoms with Crippen molar-refractivity contribution in [3.05, 3.63) is 74.7 Å². The Morgan fingerprint density at radius 2 is 1.81 bits per heavy atom. The molecule has 1 saturated heterocycles. The van der Waals surface area contributed by atoms with Crippen molar-refractivity contribution in [2.75, 3.05) is 7.11 Å². The summed E-state index contributed by atoms with van der Waals surface area (Å²) in [6.07, 6.45) is 1.56. The van der Waals surface area contributed by atoms with Crippen LogP contribution in [0, 0.1) is 10.1 Å². The van der Waals surface area contributed by atoms with Gasteiger partial charge in [-0.15, -0.1) is 0 Å². The van der Waals surface area contributed by atoms with Crippen molar-refractivity contribution in [3.63, 3.8) is 0 Å². The molecule has 1 heterocycles. The zero-order valence-corrected chi connectivity index (χ0v) is 17.5. The van der Waals surface area contributed by atoms with E-state index in [1.807, 2.05) is 0 Å². The number of amides is 2. The lowest BCUT2D eigenvalue weighted by molar-refractivity contribution is -0.384. The Balaban J connectivity index is 1.64. The number of nitrogens with zero attached hydrogens (tertiary/aromatic N) is 2. The lowest BCUT2D eigenvalue weighted by Crippen LogP contribution is -2.42. The highest BCUT2D eigenvalue weighted by Crippen LogP contribution is 2.34. The van der Waals surface area contributed by atoms with E-state index < -0.39 is 28.1 Å². The highest BCUT2D eigenvalue weighted by atomic mass is 32.2. The first-order valence-electron chi connectivity index (χ1n) is 9.11. The normalized spacial score (nSPS) is 15.8. The summed E-state index contributed by atoms with van der Waals surface area (Å²) in [5, 5.41) is 10.2. The van der Waals surface area contributed by atoms with E-state index in [0.717, 1.165) is 22.2 Å². The predicted octanol–water partition coefficient (Wildman–Crippen LogP) is 3.77. The van der Waals surface area contributed by atoms with Crippen LogP contribution in [0.1, 0.15) is 18.1 Å². The molecule has 9 nitrogen and oxygen atoms in total. The molecule has 2 aromatic carbocycles. The van der Waals surface area contributed by atoms with Gasteiger partial charge in [0.25, 0.3) is 16.8 Å². The second kappa shape index (κ2) is 9.43. The van der Waals surface area contributed by atoms with Gasteiger partial charge in [0.15, 0.2) is 0 Å². The van der Waals surface area contributed by atoms with E-state index in [1.54, 1.807) is 42.5 Å². The van der Waals surface area contributed by atoms with Gasteiger partial charge in [0.05, 0.1) is 16.9 Å². The van der Waals surface area contributed by atoms with E-state index in [-0.39, 0.29) is 17.2 Å². The lowest BCUT2D eigenvalue weighted by Gasteiger charge is -2.18. The Kier molecular flexibility index (Phi) is 6.71. The van der Waals surface area contributed by atoms with Crippen molar-refractivity contribution < 1.29 is 28.8 Å². The largest absolute Gasteiger partial charge is 0.489 e. The number of nitro benzene ring substituents is 1. The maximum Gasteiger partial charge on any atom is 0.328 e. The van der Waals surface area contributed by atoms with Crippen LogP contribution in [-0.4, -0.2) is 40.1 Å². The minimum absolute atomic E-state index is 0.0125. The van der Waals surface area contributed by atoms with Crippen LogP contribution in [0.2, 0.25) is 0 Å². The van der Waals surface area contributed by atoms with Crippen molar-refractivity contribution in [3.8, 4) is 5.75 Å². The van der Waals surface area contributed by atoms with Crippen molar-refractivity contribution >= 4 is 40.6 Å². The SMILES string of the molecule is COC(=O)[C@H](C)N1C(=O)S/C(=C/c2ccc(OCc3ccc([N+](=O)[O-])cc3)cc2)C1=O. The van der Waals surface area contributed by atoms with Crippen molar-refractivity contribution in [1.29, 1.82) is 0 Å². The van der Waals surface area contributed by atoms with Gasteiger partial charge < -0.3 is 9.47 Å². The zero-order valence-electron chi connectivity index (χ0n) is 16.6. The minimum atomic E-state index is -1.00. The van der Waals surface area contributed by atoms with Gasteiger partial charge in [-0.3, -0.25) is 24.6 Å². The molecule has 0 bridgehead atoms. The third kappa shape index (κ3) is 5.10. The van der Waals surface area contributed by atoms with Crippen LogP contribution in [0.4, 0.5) is 10.5 Å². The van der Waals surface area contributed by atoms with Crippen LogP contribution in [0.25, 0.3) is 6.08 Å². The Morgan fingerprint density at radius 1 is 1.16 bits per heavy atom. The monoisotopic (exact) mass is 442 g/mol. The molecule has 0 spiro atoms. The summed E-state index contributed by atoms with van der Waals surface area (Å²) in [5.74, 6) is -0.646. The number of rotatable bonds is 7. The average Bonchev–Trinajstić information content (AvgIpc) is 3.05. The molecule has 160 valence electrons. The highest BCUT2D eigenvalue weighted by molar-refractivity contribution is 8.18. The van der Waals surface area contributed by atoms with Gasteiger partial charge in [-0.1, -0.05) is 12.1 Å². The number of carbonyl (C=O) groups is 3. The van der Waals surface area contributed by atoms with Crippen molar-refractivity contribution in [1.82, 2.24) is 4.90 Å². The topological polar surface area (TPSA) is 116 Å². The summed E-state index contributed by atoms with van der Waals surface area (Å²) < 4.78 is 10.3. The van der Waals surface area contributed by atoms with E-state index in [4.69, 9.17) is 4.74 Å². The van der Waals surface area contributed by atoms with E-state index in [0.29, 0.717) is 11.3 Å². The predicted molar refractivity (Wildman–Crippen MR) is 113 cm³/mol. The number of benzene rings is 2. The first kappa shape index (κ1) is 22.0. The third-order valence-corrected chi connectivity index (χ3v) is 5.37. The van der Waals surface area contributed by atoms with Gasteiger partial charge in [0, 0.05) is 12.1 Å². The maximum absolute atomic E-state index is 12.5. The molecule has 1 fully saturated rings. The van der Waals surface area contributed by atoms with Crippen LogP contribution in [-0.2, 0) is 20.9 Å². The Labute approximate surface area is 181 Å². The molecular formula is C21H18N2O7S. The zero-order chi connectivity index (χ0) is 22.5. The van der Waals surface area contributed by atoms with Gasteiger partial charge >= 0.3 is 5.97 Å². The van der Waals surface area contributed by atoms with E-state index in [9.17, 15) is 24.5 Å². The van der Waals surface area contributed by atoms with E-state index >= 15 is 0 Å². The van der Waals surface area contributed by atoms with Gasteiger partial charge in [-0.05, 0) is 60.2 Å². The Hall–Kier alpha value is -3.66. The molecule has 2 aromatic rings. The summed E-state index contributed by atoms with van der Waals surface area (Å²) in [5.41, 5.74) is 1.47. The highest BCUT2D eigenvalue weighted by Gasteiger charge is 2.41. The standard InChI is InChI=1S/C21H18N2O7S/c1-13(20(25)29-2)22-19(24)18(31-21(22)26)11-14-5-9-17(10-6-14)30-12-15-3-7-16(8-4-15)23(27)28/h3-11,13H,12H2,1-2H3/b18-11+/t13-/m0/s1. The number of thioether (sulfide) groups is 1. The molecule has 10 heteroatoms. The van der Waals surface area contributed by atoms with E-state index in [2.05, 4.69) is 4.74 Å². The number of non-ortho nitro benzene ring substituents is 1. The second-order valence-corrected chi connectivity index (χ2v) is 7.53. The molecule has 1 aliphatic heterocycles. The quantitative estimate of drug-likeness (QED) is 0.275. The van der Waals surface area contributed by atoms with Crippen molar-refractivity contribution in [2.45, 2.75) is 19.6 Å². The summed E-state index contributed by atoms with van der Waals surface area (Å²) in [4.78, 5) is 47.6. The van der Waals surface area contributed by atoms with Crippen LogP contribution in [0.5, 0.6) is 5.75 Å². The molecule has 1 atom stereocenters. The lowest BCUT2D eigenvalue weighted by atomic mass is 10.2. The van der Waals surface area contributed by atoms with Crippen LogP contribution in [0.15, 0.2) is 53.4 Å². The van der Waals surface area contributed by atoms with Gasteiger partial charge in [-0.2, -0.15) is 0 Å². The maximum atomic E-state index is 12.5. The van der Waals surface area contributed by atoms with Crippen LogP contribution < -0.4 is 4.74 Å². The fraction of sp³-hybridized carbons (Fsp3) is 0.190. The molecular weight excluding hydrogens is 424 g/mol. The molecule has 0 N–H and O–H groups in total. The fourth-order valence-corrected chi connectivity index (χ4v) is 3.69. The number of hydrogen-bond donors (Lipinski definition) is 0. The van der Waals surface area contributed by atoms with Gasteiger partial charge in [0.2, 0.25) is 0 Å². The first-order valence-corrected chi connectivity index (χ1v) is 9.93. The van der Waals surface area contributed by atoms with Crippen molar-refractivity contribution in [2.24, 2.45) is 0 Å². The second-order valence-electron chi connectivity index (χ2n) is 6.53. The first-order chi connectivity index (χ1) is 14.8. The fourth-order valence-electron chi connectivity index (χ4n) is 2.78. The Bertz CT molecular complexity index is 1050.